The average molecular weight is 313 g/mol. The van der Waals surface area contributed by atoms with Crippen molar-refractivity contribution in [2.45, 2.75) is 0 Å². The SMILES string of the molecule is O=Cc1cccnc1Oc1cc(Cl)c(Cl)cc1[N+](=O)[O-]. The van der Waals surface area contributed by atoms with Gasteiger partial charge in [0.1, 0.15) is 0 Å². The van der Waals surface area contributed by atoms with E-state index in [4.69, 9.17) is 27.9 Å². The van der Waals surface area contributed by atoms with Crippen LogP contribution in [0.4, 0.5) is 5.69 Å². The van der Waals surface area contributed by atoms with Crippen molar-refractivity contribution in [2.24, 2.45) is 0 Å². The van der Waals surface area contributed by atoms with Gasteiger partial charge in [-0.3, -0.25) is 14.9 Å². The van der Waals surface area contributed by atoms with Crippen LogP contribution in [0, 0.1) is 10.1 Å². The molecule has 1 aromatic carbocycles. The van der Waals surface area contributed by atoms with E-state index < -0.39 is 4.92 Å². The van der Waals surface area contributed by atoms with Crippen LogP contribution in [-0.4, -0.2) is 16.2 Å². The molecule has 2 aromatic rings. The molecule has 0 fully saturated rings. The Bertz CT molecular complexity index is 691. The quantitative estimate of drug-likeness (QED) is 0.485. The molecular weight excluding hydrogens is 307 g/mol. The summed E-state index contributed by atoms with van der Waals surface area (Å²) in [6, 6.07) is 5.28. The maximum absolute atomic E-state index is 11.0. The van der Waals surface area contributed by atoms with Crippen LogP contribution in [-0.2, 0) is 0 Å². The minimum atomic E-state index is -0.666. The van der Waals surface area contributed by atoms with Gasteiger partial charge in [-0.05, 0) is 12.1 Å². The van der Waals surface area contributed by atoms with Crippen molar-refractivity contribution >= 4 is 35.2 Å². The van der Waals surface area contributed by atoms with E-state index in [1.54, 1.807) is 6.07 Å². The van der Waals surface area contributed by atoms with Crippen LogP contribution >= 0.6 is 23.2 Å². The van der Waals surface area contributed by atoms with E-state index in [1.807, 2.05) is 0 Å². The molecule has 8 heteroatoms. The van der Waals surface area contributed by atoms with Gasteiger partial charge in [0, 0.05) is 18.3 Å². The lowest BCUT2D eigenvalue weighted by atomic mass is 10.3. The fourth-order valence-electron chi connectivity index (χ4n) is 1.42. The molecule has 0 aliphatic carbocycles. The van der Waals surface area contributed by atoms with Gasteiger partial charge in [0.05, 0.1) is 20.5 Å². The lowest BCUT2D eigenvalue weighted by Crippen LogP contribution is -1.97. The number of ether oxygens (including phenoxy) is 1. The van der Waals surface area contributed by atoms with E-state index in [1.165, 1.54) is 18.3 Å². The summed E-state index contributed by atoms with van der Waals surface area (Å²) in [6.07, 6.45) is 1.93. The Morgan fingerprint density at radius 2 is 2.00 bits per heavy atom. The van der Waals surface area contributed by atoms with E-state index in [2.05, 4.69) is 4.98 Å². The zero-order valence-electron chi connectivity index (χ0n) is 9.75. The van der Waals surface area contributed by atoms with Crippen molar-refractivity contribution in [1.82, 2.24) is 4.98 Å². The fourth-order valence-corrected chi connectivity index (χ4v) is 1.74. The third-order valence-corrected chi connectivity index (χ3v) is 3.05. The molecule has 0 saturated carbocycles. The molecule has 0 saturated heterocycles. The third kappa shape index (κ3) is 2.87. The standard InChI is InChI=1S/C12H6Cl2N2O4/c13-8-4-10(16(18)19)11(5-9(8)14)20-12-7(6-17)2-1-3-15-12/h1-6H. The van der Waals surface area contributed by atoms with Gasteiger partial charge in [-0.2, -0.15) is 0 Å². The number of carbonyl (C=O) groups is 1. The first-order valence-electron chi connectivity index (χ1n) is 5.24. The molecule has 20 heavy (non-hydrogen) atoms. The molecule has 0 unspecified atom stereocenters. The molecule has 2 rings (SSSR count). The van der Waals surface area contributed by atoms with E-state index >= 15 is 0 Å². The molecule has 1 heterocycles. The summed E-state index contributed by atoms with van der Waals surface area (Å²) in [5.74, 6) is -0.199. The molecule has 0 bridgehead atoms. The van der Waals surface area contributed by atoms with Gasteiger partial charge in [-0.25, -0.2) is 4.98 Å². The topological polar surface area (TPSA) is 82.3 Å². The predicted octanol–water partition coefficient (Wildman–Crippen LogP) is 3.90. The Morgan fingerprint density at radius 1 is 1.30 bits per heavy atom. The monoisotopic (exact) mass is 312 g/mol. The molecular formula is C12H6Cl2N2O4. The highest BCUT2D eigenvalue weighted by Gasteiger charge is 2.20. The lowest BCUT2D eigenvalue weighted by molar-refractivity contribution is -0.385. The van der Waals surface area contributed by atoms with Gasteiger partial charge in [0.15, 0.2) is 6.29 Å². The largest absolute Gasteiger partial charge is 0.431 e. The lowest BCUT2D eigenvalue weighted by Gasteiger charge is -2.08. The van der Waals surface area contributed by atoms with Crippen LogP contribution in [0.25, 0.3) is 0 Å². The van der Waals surface area contributed by atoms with Crippen molar-refractivity contribution in [2.75, 3.05) is 0 Å². The zero-order valence-corrected chi connectivity index (χ0v) is 11.3. The van der Waals surface area contributed by atoms with Gasteiger partial charge >= 0.3 is 5.69 Å². The second kappa shape index (κ2) is 5.85. The summed E-state index contributed by atoms with van der Waals surface area (Å²) in [6.45, 7) is 0. The molecule has 1 aromatic heterocycles. The van der Waals surface area contributed by atoms with Crippen molar-refractivity contribution < 1.29 is 14.5 Å². The number of nitro benzene ring substituents is 1. The Kier molecular flexibility index (Phi) is 4.16. The number of nitro groups is 1. The number of rotatable bonds is 4. The van der Waals surface area contributed by atoms with Crippen molar-refractivity contribution in [1.29, 1.82) is 0 Å². The highest BCUT2D eigenvalue weighted by atomic mass is 35.5. The molecule has 0 aliphatic rings. The Balaban J connectivity index is 2.50. The first-order valence-corrected chi connectivity index (χ1v) is 6.00. The smallest absolute Gasteiger partial charge is 0.313 e. The molecule has 102 valence electrons. The predicted molar refractivity (Wildman–Crippen MR) is 72.8 cm³/mol. The number of aromatic nitrogens is 1. The number of carbonyl (C=O) groups excluding carboxylic acids is 1. The summed E-state index contributed by atoms with van der Waals surface area (Å²) in [7, 11) is 0. The van der Waals surface area contributed by atoms with Gasteiger partial charge in [0.25, 0.3) is 0 Å². The number of pyridine rings is 1. The van der Waals surface area contributed by atoms with Crippen LogP contribution in [0.1, 0.15) is 10.4 Å². The second-order valence-electron chi connectivity index (χ2n) is 3.61. The van der Waals surface area contributed by atoms with Crippen molar-refractivity contribution in [3.05, 3.63) is 56.2 Å². The zero-order chi connectivity index (χ0) is 14.7. The Morgan fingerprint density at radius 3 is 2.65 bits per heavy atom. The normalized spacial score (nSPS) is 10.1. The van der Waals surface area contributed by atoms with Crippen LogP contribution in [0.3, 0.4) is 0 Å². The van der Waals surface area contributed by atoms with Gasteiger partial charge in [0.2, 0.25) is 11.6 Å². The number of aldehydes is 1. The minimum Gasteiger partial charge on any atom is -0.431 e. The molecule has 0 radical (unpaired) electrons. The molecule has 0 atom stereocenters. The first kappa shape index (κ1) is 14.2. The number of nitrogens with zero attached hydrogens (tertiary/aromatic N) is 2. The number of benzene rings is 1. The van der Waals surface area contributed by atoms with E-state index in [0.29, 0.717) is 6.29 Å². The van der Waals surface area contributed by atoms with Crippen molar-refractivity contribution in [3.8, 4) is 11.6 Å². The van der Waals surface area contributed by atoms with E-state index in [0.717, 1.165) is 6.07 Å². The maximum Gasteiger partial charge on any atom is 0.313 e. The third-order valence-electron chi connectivity index (χ3n) is 2.33. The summed E-state index contributed by atoms with van der Waals surface area (Å²) in [5, 5.41) is 11.1. The summed E-state index contributed by atoms with van der Waals surface area (Å²) in [5.41, 5.74) is -0.213. The molecule has 6 nitrogen and oxygen atoms in total. The van der Waals surface area contributed by atoms with Crippen LogP contribution < -0.4 is 4.74 Å². The summed E-state index contributed by atoms with van der Waals surface area (Å²) < 4.78 is 5.30. The summed E-state index contributed by atoms with van der Waals surface area (Å²) >= 11 is 11.5. The van der Waals surface area contributed by atoms with E-state index in [-0.39, 0.29) is 32.9 Å². The Labute approximate surface area is 123 Å². The highest BCUT2D eigenvalue weighted by molar-refractivity contribution is 6.42. The van der Waals surface area contributed by atoms with Crippen LogP contribution in [0.2, 0.25) is 10.0 Å². The number of hydrogen-bond donors (Lipinski definition) is 0. The molecule has 0 N–H and O–H groups in total. The average Bonchev–Trinajstić information content (AvgIpc) is 2.43. The highest BCUT2D eigenvalue weighted by Crippen LogP contribution is 2.38. The summed E-state index contributed by atoms with van der Waals surface area (Å²) in [4.78, 5) is 25.0. The minimum absolute atomic E-state index is 0.0300. The van der Waals surface area contributed by atoms with Crippen LogP contribution in [0.5, 0.6) is 11.6 Å². The van der Waals surface area contributed by atoms with Gasteiger partial charge in [-0.1, -0.05) is 23.2 Å². The van der Waals surface area contributed by atoms with Gasteiger partial charge < -0.3 is 4.74 Å². The van der Waals surface area contributed by atoms with Crippen molar-refractivity contribution in [3.63, 3.8) is 0 Å². The molecule has 0 amide bonds. The fraction of sp³-hybridized carbons (Fsp3) is 0. The molecule has 0 aliphatic heterocycles. The first-order chi connectivity index (χ1) is 9.52. The number of halogens is 2. The Hall–Kier alpha value is -2.18. The molecule has 0 spiro atoms. The second-order valence-corrected chi connectivity index (χ2v) is 4.42. The van der Waals surface area contributed by atoms with E-state index in [9.17, 15) is 14.9 Å². The number of hydrogen-bond acceptors (Lipinski definition) is 5. The maximum atomic E-state index is 11.0. The van der Waals surface area contributed by atoms with Crippen LogP contribution in [0.15, 0.2) is 30.5 Å². The van der Waals surface area contributed by atoms with Gasteiger partial charge in [-0.15, -0.1) is 0 Å².